The summed E-state index contributed by atoms with van der Waals surface area (Å²) in [6.07, 6.45) is -0.314. The third kappa shape index (κ3) is 7.57. The van der Waals surface area contributed by atoms with Gasteiger partial charge in [0.25, 0.3) is 0 Å². The van der Waals surface area contributed by atoms with Crippen molar-refractivity contribution < 1.29 is 28.2 Å². The molecule has 12 heteroatoms. The number of nitrogens with one attached hydrogen (secondary N) is 1. The number of hydrogen-bond acceptors (Lipinski definition) is 8. The van der Waals surface area contributed by atoms with E-state index < -0.39 is 52.8 Å². The number of nitrogens with zero attached hydrogens (tertiary/aromatic N) is 2. The number of aromatic nitrogens is 2. The molecule has 1 spiro atoms. The van der Waals surface area contributed by atoms with Crippen molar-refractivity contribution in [2.24, 2.45) is 0 Å². The standard InChI is InChI=1S/C29H53N3O7Si2/c1-17(2)41(18(3)4,19(5)6)36-16-35-22-23(37-27(8,9)10)29(25(40-29)39-28(11,12)13)38-24(22)32-15-14-21(30-20(7)33)31-26(32)34/h14-15,17-19,22-25H,16,40H2,1-13H3,(H,30,31,33,34)/t22-,23+,24-,25?,29-/m1/s1. The molecule has 1 aromatic heterocycles. The zero-order valence-electron chi connectivity index (χ0n) is 27.4. The average molecular weight is 612 g/mol. The smallest absolute Gasteiger partial charge is 0.351 e. The second-order valence-corrected chi connectivity index (χ2v) is 22.1. The van der Waals surface area contributed by atoms with E-state index in [1.54, 1.807) is 12.3 Å². The summed E-state index contributed by atoms with van der Waals surface area (Å²) in [4.78, 5) is 28.9. The van der Waals surface area contributed by atoms with Crippen LogP contribution in [0.1, 0.15) is 96.2 Å². The Balaban J connectivity index is 2.02. The Labute approximate surface area is 249 Å². The summed E-state index contributed by atoms with van der Waals surface area (Å²) in [5.41, 5.74) is -0.316. The van der Waals surface area contributed by atoms with Gasteiger partial charge >= 0.3 is 5.69 Å². The molecule has 2 aliphatic rings. The van der Waals surface area contributed by atoms with Crippen molar-refractivity contribution in [1.29, 1.82) is 0 Å². The highest BCUT2D eigenvalue weighted by molar-refractivity contribution is 6.77. The van der Waals surface area contributed by atoms with E-state index in [9.17, 15) is 9.59 Å². The van der Waals surface area contributed by atoms with E-state index in [2.05, 4.69) is 51.8 Å². The third-order valence-corrected chi connectivity index (χ3v) is 16.3. The first-order valence-electron chi connectivity index (χ1n) is 14.9. The summed E-state index contributed by atoms with van der Waals surface area (Å²) in [6.45, 7) is 27.0. The maximum atomic E-state index is 13.3. The van der Waals surface area contributed by atoms with E-state index in [-0.39, 0.29) is 29.8 Å². The van der Waals surface area contributed by atoms with Crippen LogP contribution in [-0.2, 0) is 28.2 Å². The molecule has 0 aromatic carbocycles. The Morgan fingerprint density at radius 2 is 1.63 bits per heavy atom. The van der Waals surface area contributed by atoms with Crippen LogP contribution in [0.4, 0.5) is 5.82 Å². The fraction of sp³-hybridized carbons (Fsp3) is 0.828. The molecule has 1 unspecified atom stereocenters. The Morgan fingerprint density at radius 3 is 2.10 bits per heavy atom. The van der Waals surface area contributed by atoms with Gasteiger partial charge in [-0.15, -0.1) is 0 Å². The van der Waals surface area contributed by atoms with Gasteiger partial charge in [-0.2, -0.15) is 4.98 Å². The summed E-state index contributed by atoms with van der Waals surface area (Å²) < 4.78 is 34.7. The summed E-state index contributed by atoms with van der Waals surface area (Å²) in [5, 5.41) is 1.91. The molecule has 10 nitrogen and oxygen atoms in total. The minimum atomic E-state index is -2.21. The van der Waals surface area contributed by atoms with Crippen LogP contribution in [0.2, 0.25) is 16.6 Å². The zero-order chi connectivity index (χ0) is 31.1. The molecule has 2 aliphatic heterocycles. The van der Waals surface area contributed by atoms with Gasteiger partial charge in [0, 0.05) is 13.1 Å². The summed E-state index contributed by atoms with van der Waals surface area (Å²) in [7, 11) is -3.13. The van der Waals surface area contributed by atoms with Gasteiger partial charge in [0.2, 0.25) is 14.2 Å². The average Bonchev–Trinajstić information content (AvgIpc) is 3.37. The summed E-state index contributed by atoms with van der Waals surface area (Å²) in [6, 6.07) is 1.59. The highest BCUT2D eigenvalue weighted by Gasteiger charge is 2.72. The molecular formula is C29H53N3O7Si2. The van der Waals surface area contributed by atoms with Crippen LogP contribution in [0.5, 0.6) is 0 Å². The second kappa shape index (κ2) is 12.3. The molecule has 1 N–H and O–H groups in total. The van der Waals surface area contributed by atoms with Crippen LogP contribution in [0.25, 0.3) is 0 Å². The molecule has 234 valence electrons. The molecule has 2 saturated heterocycles. The monoisotopic (exact) mass is 611 g/mol. The fourth-order valence-electron chi connectivity index (χ4n) is 6.51. The number of amides is 1. The van der Waals surface area contributed by atoms with E-state index in [4.69, 9.17) is 23.4 Å². The maximum absolute atomic E-state index is 13.3. The molecule has 5 atom stereocenters. The Kier molecular flexibility index (Phi) is 10.2. The molecule has 3 rings (SSSR count). The zero-order valence-corrected chi connectivity index (χ0v) is 29.8. The van der Waals surface area contributed by atoms with Crippen LogP contribution in [-0.4, -0.2) is 74.4 Å². The molecular weight excluding hydrogens is 559 g/mol. The first-order valence-corrected chi connectivity index (χ1v) is 18.6. The van der Waals surface area contributed by atoms with Crippen molar-refractivity contribution in [2.45, 2.75) is 147 Å². The van der Waals surface area contributed by atoms with Gasteiger partial charge in [0.05, 0.1) is 16.9 Å². The van der Waals surface area contributed by atoms with Gasteiger partial charge < -0.3 is 28.7 Å². The summed E-state index contributed by atoms with van der Waals surface area (Å²) in [5.74, 6) is -0.118. The predicted octanol–water partition coefficient (Wildman–Crippen LogP) is 4.47. The molecule has 41 heavy (non-hydrogen) atoms. The lowest BCUT2D eigenvalue weighted by molar-refractivity contribution is -0.158. The minimum absolute atomic E-state index is 0.0733. The quantitative estimate of drug-likeness (QED) is 0.288. The van der Waals surface area contributed by atoms with Gasteiger partial charge in [-0.25, -0.2) is 4.79 Å². The third-order valence-electron chi connectivity index (χ3n) is 7.95. The van der Waals surface area contributed by atoms with E-state index in [1.165, 1.54) is 11.5 Å². The summed E-state index contributed by atoms with van der Waals surface area (Å²) >= 11 is 0. The van der Waals surface area contributed by atoms with Gasteiger partial charge in [0.15, 0.2) is 6.23 Å². The molecule has 1 amide bonds. The molecule has 0 saturated carbocycles. The lowest BCUT2D eigenvalue weighted by atomic mass is 10.1. The SMILES string of the molecule is CC(=O)Nc1ccn([C@@H]2O[C@@]3([SiH2]C3OC(C)(C)C)[C@@H](OC(C)(C)C)[C@H]2OCO[Si](C(C)C)(C(C)C)C(C)C)c(=O)n1. The van der Waals surface area contributed by atoms with E-state index in [1.807, 2.05) is 41.5 Å². The first-order chi connectivity index (χ1) is 18.7. The van der Waals surface area contributed by atoms with Gasteiger partial charge in [-0.3, -0.25) is 9.36 Å². The number of carbonyl (C=O) groups excluding carboxylic acids is 1. The van der Waals surface area contributed by atoms with Crippen molar-refractivity contribution in [3.05, 3.63) is 22.7 Å². The lowest BCUT2D eigenvalue weighted by Gasteiger charge is -2.42. The van der Waals surface area contributed by atoms with Crippen LogP contribution in [0.15, 0.2) is 17.1 Å². The van der Waals surface area contributed by atoms with Crippen molar-refractivity contribution in [3.63, 3.8) is 0 Å². The highest BCUT2D eigenvalue weighted by atomic mass is 28.4. The fourth-order valence-corrected chi connectivity index (χ4v) is 14.1. The molecule has 0 aliphatic carbocycles. The Bertz CT molecular complexity index is 1110. The van der Waals surface area contributed by atoms with Crippen molar-refractivity contribution in [3.8, 4) is 0 Å². The largest absolute Gasteiger partial charge is 0.394 e. The first kappa shape index (κ1) is 34.1. The highest BCUT2D eigenvalue weighted by Crippen LogP contribution is 2.53. The molecule has 3 heterocycles. The number of carbonyl (C=O) groups is 1. The van der Waals surface area contributed by atoms with E-state index >= 15 is 0 Å². The Morgan fingerprint density at radius 1 is 1.07 bits per heavy atom. The number of hydrogen-bond donors (Lipinski definition) is 1. The van der Waals surface area contributed by atoms with Gasteiger partial charge in [0.1, 0.15) is 39.6 Å². The van der Waals surface area contributed by atoms with Crippen molar-refractivity contribution in [1.82, 2.24) is 9.55 Å². The molecule has 2 fully saturated rings. The van der Waals surface area contributed by atoms with Gasteiger partial charge in [-0.05, 0) is 64.2 Å². The normalized spacial score (nSPS) is 27.5. The molecule has 0 radical (unpaired) electrons. The minimum Gasteiger partial charge on any atom is -0.394 e. The Hall–Kier alpha value is -1.42. The van der Waals surface area contributed by atoms with Crippen LogP contribution >= 0.6 is 0 Å². The van der Waals surface area contributed by atoms with Crippen molar-refractivity contribution in [2.75, 3.05) is 12.1 Å². The number of rotatable bonds is 11. The molecule has 1 aromatic rings. The van der Waals surface area contributed by atoms with Crippen molar-refractivity contribution >= 4 is 29.6 Å². The number of anilines is 1. The van der Waals surface area contributed by atoms with E-state index in [0.29, 0.717) is 16.6 Å². The van der Waals surface area contributed by atoms with Crippen LogP contribution in [0.3, 0.4) is 0 Å². The van der Waals surface area contributed by atoms with Crippen LogP contribution < -0.4 is 11.0 Å². The van der Waals surface area contributed by atoms with E-state index in [0.717, 1.165) is 0 Å². The topological polar surface area (TPSA) is 110 Å². The molecule has 0 bridgehead atoms. The lowest BCUT2D eigenvalue weighted by Crippen LogP contribution is -2.50. The van der Waals surface area contributed by atoms with Gasteiger partial charge in [-0.1, -0.05) is 41.5 Å². The number of ether oxygens (including phenoxy) is 4. The van der Waals surface area contributed by atoms with Crippen LogP contribution in [0, 0.1) is 0 Å². The maximum Gasteiger partial charge on any atom is 0.351 e. The predicted molar refractivity (Wildman–Crippen MR) is 165 cm³/mol. The second-order valence-electron chi connectivity index (χ2n) is 14.4.